The third-order valence-corrected chi connectivity index (χ3v) is 3.53. The minimum atomic E-state index is 0.391. The summed E-state index contributed by atoms with van der Waals surface area (Å²) in [6.45, 7) is 0. The van der Waals surface area contributed by atoms with E-state index in [1.807, 2.05) is 0 Å². The third-order valence-electron chi connectivity index (χ3n) is 2.85. The smallest absolute Gasteiger partial charge is 0.152 e. The Balaban J connectivity index is 2.45. The molecule has 0 N–H and O–H groups in total. The van der Waals surface area contributed by atoms with Gasteiger partial charge in [0.1, 0.15) is 5.75 Å². The summed E-state index contributed by atoms with van der Waals surface area (Å²) in [7, 11) is 1.59. The van der Waals surface area contributed by atoms with E-state index >= 15 is 0 Å². The number of rotatable bonds is 4. The molecule has 0 aliphatic carbocycles. The maximum atomic E-state index is 11.3. The van der Waals surface area contributed by atoms with Gasteiger partial charge in [0.25, 0.3) is 0 Å². The van der Waals surface area contributed by atoms with Gasteiger partial charge >= 0.3 is 0 Å². The summed E-state index contributed by atoms with van der Waals surface area (Å²) >= 11 is 12.1. The van der Waals surface area contributed by atoms with E-state index in [1.165, 1.54) is 0 Å². The molecule has 0 atom stereocenters. The van der Waals surface area contributed by atoms with Crippen LogP contribution in [0.3, 0.4) is 0 Å². The molecule has 0 fully saturated rings. The molecule has 20 heavy (non-hydrogen) atoms. The highest BCUT2D eigenvalue weighted by Crippen LogP contribution is 2.29. The van der Waals surface area contributed by atoms with Crippen molar-refractivity contribution in [2.24, 2.45) is 0 Å². The van der Waals surface area contributed by atoms with Gasteiger partial charge < -0.3 is 4.74 Å². The van der Waals surface area contributed by atoms with Crippen LogP contribution in [0, 0.1) is 0 Å². The molecule has 0 radical (unpaired) electrons. The van der Waals surface area contributed by atoms with Crippen LogP contribution < -0.4 is 4.74 Å². The third kappa shape index (κ3) is 3.21. The Morgan fingerprint density at radius 1 is 1.00 bits per heavy atom. The fraction of sp³-hybridized carbons (Fsp3) is 0.0625. The SMILES string of the molecule is COc1ccc(/C(C=O)=C(/Cl)c2ccc(Cl)cc2)cc1. The number of hydrogen-bond acceptors (Lipinski definition) is 2. The van der Waals surface area contributed by atoms with Crippen molar-refractivity contribution in [3.8, 4) is 5.75 Å². The summed E-state index contributed by atoms with van der Waals surface area (Å²) in [5, 5.41) is 1.01. The predicted octanol–water partition coefficient (Wildman–Crippen LogP) is 4.65. The van der Waals surface area contributed by atoms with Crippen molar-refractivity contribution in [2.45, 2.75) is 0 Å². The number of methoxy groups -OCH3 is 1. The molecule has 4 heteroatoms. The lowest BCUT2D eigenvalue weighted by Gasteiger charge is -2.07. The van der Waals surface area contributed by atoms with E-state index in [1.54, 1.807) is 55.6 Å². The number of carbonyl (C=O) groups excluding carboxylic acids is 1. The molecule has 102 valence electrons. The number of carbonyl (C=O) groups is 1. The molecule has 0 saturated heterocycles. The van der Waals surface area contributed by atoms with Crippen molar-refractivity contribution in [2.75, 3.05) is 7.11 Å². The van der Waals surface area contributed by atoms with Crippen LogP contribution in [-0.2, 0) is 4.79 Å². The van der Waals surface area contributed by atoms with Gasteiger partial charge in [-0.25, -0.2) is 0 Å². The van der Waals surface area contributed by atoms with Crippen molar-refractivity contribution in [3.63, 3.8) is 0 Å². The quantitative estimate of drug-likeness (QED) is 0.467. The second-order valence-electron chi connectivity index (χ2n) is 4.08. The van der Waals surface area contributed by atoms with E-state index in [0.717, 1.165) is 23.2 Å². The number of benzene rings is 2. The first-order valence-electron chi connectivity index (χ1n) is 5.91. The van der Waals surface area contributed by atoms with E-state index in [2.05, 4.69) is 0 Å². The molecule has 0 aromatic heterocycles. The number of hydrogen-bond donors (Lipinski definition) is 0. The standard InChI is InChI=1S/C16H12Cl2O2/c1-20-14-8-4-11(5-9-14)15(10-19)16(18)12-2-6-13(17)7-3-12/h2-10H,1H3/b16-15+. The van der Waals surface area contributed by atoms with Gasteiger partial charge in [-0.1, -0.05) is 47.5 Å². The maximum absolute atomic E-state index is 11.3. The Labute approximate surface area is 127 Å². The van der Waals surface area contributed by atoms with Gasteiger partial charge in [-0.05, 0) is 35.4 Å². The lowest BCUT2D eigenvalue weighted by atomic mass is 10.0. The van der Waals surface area contributed by atoms with Crippen LogP contribution in [0.25, 0.3) is 10.6 Å². The Kier molecular flexibility index (Phi) is 4.83. The Bertz CT molecular complexity index is 629. The molecular weight excluding hydrogens is 295 g/mol. The van der Waals surface area contributed by atoms with Gasteiger partial charge in [0, 0.05) is 10.6 Å². The summed E-state index contributed by atoms with van der Waals surface area (Å²) in [4.78, 5) is 11.3. The number of halogens is 2. The highest BCUT2D eigenvalue weighted by Gasteiger charge is 2.09. The van der Waals surface area contributed by atoms with Crippen molar-refractivity contribution in [1.82, 2.24) is 0 Å². The zero-order valence-electron chi connectivity index (χ0n) is 10.8. The summed E-state index contributed by atoms with van der Waals surface area (Å²) in [5.41, 5.74) is 1.91. The van der Waals surface area contributed by atoms with Crippen LogP contribution in [0.2, 0.25) is 5.02 Å². The number of allylic oxidation sites excluding steroid dienone is 1. The Morgan fingerprint density at radius 2 is 1.55 bits per heavy atom. The van der Waals surface area contributed by atoms with Gasteiger partial charge in [0.15, 0.2) is 6.29 Å². The molecule has 0 amide bonds. The zero-order valence-corrected chi connectivity index (χ0v) is 12.3. The second kappa shape index (κ2) is 6.60. The topological polar surface area (TPSA) is 26.3 Å². The molecule has 0 spiro atoms. The largest absolute Gasteiger partial charge is 0.497 e. The lowest BCUT2D eigenvalue weighted by molar-refractivity contribution is -0.103. The van der Waals surface area contributed by atoms with E-state index in [0.29, 0.717) is 15.6 Å². The van der Waals surface area contributed by atoms with Gasteiger partial charge in [-0.15, -0.1) is 0 Å². The Morgan fingerprint density at radius 3 is 2.05 bits per heavy atom. The molecule has 0 aliphatic rings. The predicted molar refractivity (Wildman–Crippen MR) is 83.2 cm³/mol. The van der Waals surface area contributed by atoms with Crippen molar-refractivity contribution in [1.29, 1.82) is 0 Å². The summed E-state index contributed by atoms with van der Waals surface area (Å²) in [5.74, 6) is 0.724. The van der Waals surface area contributed by atoms with Crippen LogP contribution in [-0.4, -0.2) is 13.4 Å². The molecule has 0 bridgehead atoms. The number of aldehydes is 1. The Hall–Kier alpha value is -1.77. The monoisotopic (exact) mass is 306 g/mol. The first kappa shape index (κ1) is 14.6. The van der Waals surface area contributed by atoms with Crippen molar-refractivity contribution >= 4 is 40.1 Å². The molecule has 0 unspecified atom stereocenters. The molecular formula is C16H12Cl2O2. The van der Waals surface area contributed by atoms with Crippen LogP contribution >= 0.6 is 23.2 Å². The van der Waals surface area contributed by atoms with E-state index in [9.17, 15) is 4.79 Å². The molecule has 2 nitrogen and oxygen atoms in total. The fourth-order valence-electron chi connectivity index (χ4n) is 1.77. The van der Waals surface area contributed by atoms with Gasteiger partial charge in [0.05, 0.1) is 12.1 Å². The van der Waals surface area contributed by atoms with Crippen LogP contribution in [0.15, 0.2) is 48.5 Å². The highest BCUT2D eigenvalue weighted by atomic mass is 35.5. The minimum absolute atomic E-state index is 0.391. The maximum Gasteiger partial charge on any atom is 0.152 e. The molecule has 2 aromatic rings. The molecule has 0 aliphatic heterocycles. The van der Waals surface area contributed by atoms with Crippen LogP contribution in [0.4, 0.5) is 0 Å². The average molecular weight is 307 g/mol. The highest BCUT2D eigenvalue weighted by molar-refractivity contribution is 6.55. The normalized spacial score (nSPS) is 11.8. The van der Waals surface area contributed by atoms with Gasteiger partial charge in [-0.3, -0.25) is 4.79 Å². The van der Waals surface area contributed by atoms with Crippen molar-refractivity contribution < 1.29 is 9.53 Å². The lowest BCUT2D eigenvalue weighted by Crippen LogP contribution is -1.91. The number of ether oxygens (including phenoxy) is 1. The molecule has 0 heterocycles. The summed E-state index contributed by atoms with van der Waals surface area (Å²) in [6.07, 6.45) is 0.749. The first-order chi connectivity index (χ1) is 9.65. The van der Waals surface area contributed by atoms with Crippen LogP contribution in [0.5, 0.6) is 5.75 Å². The van der Waals surface area contributed by atoms with E-state index in [-0.39, 0.29) is 0 Å². The first-order valence-corrected chi connectivity index (χ1v) is 6.66. The fourth-order valence-corrected chi connectivity index (χ4v) is 2.17. The van der Waals surface area contributed by atoms with Gasteiger partial charge in [0.2, 0.25) is 0 Å². The van der Waals surface area contributed by atoms with Crippen LogP contribution in [0.1, 0.15) is 11.1 Å². The molecule has 0 saturated carbocycles. The second-order valence-corrected chi connectivity index (χ2v) is 4.90. The van der Waals surface area contributed by atoms with Gasteiger partial charge in [-0.2, -0.15) is 0 Å². The van der Waals surface area contributed by atoms with Crippen molar-refractivity contribution in [3.05, 3.63) is 64.7 Å². The average Bonchev–Trinajstić information content (AvgIpc) is 2.49. The van der Waals surface area contributed by atoms with E-state index in [4.69, 9.17) is 27.9 Å². The summed E-state index contributed by atoms with van der Waals surface area (Å²) < 4.78 is 5.09. The minimum Gasteiger partial charge on any atom is -0.497 e. The summed E-state index contributed by atoms with van der Waals surface area (Å²) in [6, 6.07) is 14.2. The zero-order chi connectivity index (χ0) is 14.5. The van der Waals surface area contributed by atoms with E-state index < -0.39 is 0 Å². The molecule has 2 rings (SSSR count). The molecule has 2 aromatic carbocycles.